The fraction of sp³-hybridized carbons (Fsp3) is 0.500. The van der Waals surface area contributed by atoms with Crippen LogP contribution in [0.4, 0.5) is 0 Å². The van der Waals surface area contributed by atoms with Gasteiger partial charge in [-0.05, 0) is 11.6 Å². The predicted molar refractivity (Wildman–Crippen MR) is 74.4 cm³/mol. The topological polar surface area (TPSA) is 78.0 Å². The minimum Gasteiger partial charge on any atom is -0.409 e. The van der Waals surface area contributed by atoms with E-state index in [9.17, 15) is 0 Å². The van der Waals surface area contributed by atoms with E-state index in [0.29, 0.717) is 11.6 Å². The number of rotatable bonds is 4. The smallest absolute Gasteiger partial charge is 0.153 e. The van der Waals surface area contributed by atoms with Crippen LogP contribution in [0.5, 0.6) is 0 Å². The van der Waals surface area contributed by atoms with Gasteiger partial charge in [0.05, 0.1) is 11.6 Å². The molecule has 0 aliphatic carbocycles. The van der Waals surface area contributed by atoms with Crippen LogP contribution < -0.4 is 5.73 Å². The van der Waals surface area contributed by atoms with Crippen LogP contribution in [0.2, 0.25) is 5.02 Å². The van der Waals surface area contributed by atoms with Gasteiger partial charge in [0, 0.05) is 45.1 Å². The number of oxime groups is 1. The molecule has 1 aromatic heterocycles. The lowest BCUT2D eigenvalue weighted by Gasteiger charge is -2.34. The van der Waals surface area contributed by atoms with Gasteiger partial charge in [-0.2, -0.15) is 0 Å². The number of halogens is 1. The third-order valence-corrected chi connectivity index (χ3v) is 3.57. The van der Waals surface area contributed by atoms with Gasteiger partial charge in [-0.1, -0.05) is 16.8 Å². The molecule has 0 spiro atoms. The van der Waals surface area contributed by atoms with Crippen molar-refractivity contribution >= 4 is 17.4 Å². The Balaban J connectivity index is 1.82. The minimum absolute atomic E-state index is 0.255. The molecule has 0 bridgehead atoms. The first-order valence-electron chi connectivity index (χ1n) is 6.18. The highest BCUT2D eigenvalue weighted by molar-refractivity contribution is 6.31. The van der Waals surface area contributed by atoms with Gasteiger partial charge in [-0.3, -0.25) is 14.8 Å². The van der Waals surface area contributed by atoms with Crippen molar-refractivity contribution in [1.82, 2.24) is 14.8 Å². The summed E-state index contributed by atoms with van der Waals surface area (Å²) >= 11 is 6.10. The molecule has 2 heterocycles. The summed E-state index contributed by atoms with van der Waals surface area (Å²) < 4.78 is 0. The standard InChI is InChI=1S/C12H18ClN5O/c13-11-7-15-2-1-10(11)8-17-3-5-18(6-4-17)9-12(14)16-19/h1-2,7,19H,3-6,8-9H2,(H2,14,16). The first kappa shape index (κ1) is 14.0. The highest BCUT2D eigenvalue weighted by Gasteiger charge is 2.18. The summed E-state index contributed by atoms with van der Waals surface area (Å²) in [4.78, 5) is 8.49. The molecule has 1 fully saturated rings. The zero-order valence-electron chi connectivity index (χ0n) is 10.7. The van der Waals surface area contributed by atoms with Crippen molar-refractivity contribution in [1.29, 1.82) is 0 Å². The number of pyridine rings is 1. The Morgan fingerprint density at radius 3 is 2.68 bits per heavy atom. The van der Waals surface area contributed by atoms with E-state index in [1.54, 1.807) is 12.4 Å². The van der Waals surface area contributed by atoms with E-state index < -0.39 is 0 Å². The Morgan fingerprint density at radius 1 is 1.37 bits per heavy atom. The van der Waals surface area contributed by atoms with Gasteiger partial charge in [-0.15, -0.1) is 0 Å². The molecule has 1 aromatic rings. The van der Waals surface area contributed by atoms with Crippen LogP contribution in [0.15, 0.2) is 23.6 Å². The molecule has 1 saturated heterocycles. The SMILES string of the molecule is NC(CN1CCN(Cc2ccncc2Cl)CC1)=NO. The van der Waals surface area contributed by atoms with Gasteiger partial charge >= 0.3 is 0 Å². The Morgan fingerprint density at radius 2 is 2.05 bits per heavy atom. The monoisotopic (exact) mass is 283 g/mol. The van der Waals surface area contributed by atoms with E-state index in [2.05, 4.69) is 19.9 Å². The predicted octanol–water partition coefficient (Wildman–Crippen LogP) is 0.599. The third kappa shape index (κ3) is 4.05. The van der Waals surface area contributed by atoms with Crippen LogP contribution in [-0.2, 0) is 6.54 Å². The molecule has 2 rings (SSSR count). The second kappa shape index (κ2) is 6.70. The molecule has 19 heavy (non-hydrogen) atoms. The van der Waals surface area contributed by atoms with Crippen LogP contribution in [0.1, 0.15) is 5.56 Å². The molecule has 7 heteroatoms. The van der Waals surface area contributed by atoms with E-state index in [1.165, 1.54) is 0 Å². The fourth-order valence-electron chi connectivity index (χ4n) is 2.14. The Labute approximate surface area is 117 Å². The van der Waals surface area contributed by atoms with Gasteiger partial charge < -0.3 is 10.9 Å². The Bertz CT molecular complexity index is 446. The van der Waals surface area contributed by atoms with Crippen molar-refractivity contribution in [3.63, 3.8) is 0 Å². The van der Waals surface area contributed by atoms with Crippen molar-refractivity contribution in [3.8, 4) is 0 Å². The third-order valence-electron chi connectivity index (χ3n) is 3.23. The molecule has 104 valence electrons. The van der Waals surface area contributed by atoms with Gasteiger partial charge in [0.2, 0.25) is 0 Å². The molecule has 0 atom stereocenters. The number of aromatic nitrogens is 1. The van der Waals surface area contributed by atoms with Gasteiger partial charge in [0.25, 0.3) is 0 Å². The van der Waals surface area contributed by atoms with Gasteiger partial charge in [0.1, 0.15) is 0 Å². The first-order chi connectivity index (χ1) is 9.19. The normalized spacial score (nSPS) is 18.7. The summed E-state index contributed by atoms with van der Waals surface area (Å²) in [5.74, 6) is 0.255. The van der Waals surface area contributed by atoms with Crippen LogP contribution in [0, 0.1) is 0 Å². The molecule has 6 nitrogen and oxygen atoms in total. The van der Waals surface area contributed by atoms with E-state index >= 15 is 0 Å². The molecular formula is C12H18ClN5O. The van der Waals surface area contributed by atoms with E-state index in [-0.39, 0.29) is 5.84 Å². The summed E-state index contributed by atoms with van der Waals surface area (Å²) in [7, 11) is 0. The maximum atomic E-state index is 8.55. The molecular weight excluding hydrogens is 266 g/mol. The minimum atomic E-state index is 0.255. The number of amidine groups is 1. The molecule has 3 N–H and O–H groups in total. The highest BCUT2D eigenvalue weighted by Crippen LogP contribution is 2.16. The molecule has 0 aromatic carbocycles. The highest BCUT2D eigenvalue weighted by atomic mass is 35.5. The van der Waals surface area contributed by atoms with Crippen molar-refractivity contribution in [2.24, 2.45) is 10.9 Å². The zero-order valence-corrected chi connectivity index (χ0v) is 11.4. The summed E-state index contributed by atoms with van der Waals surface area (Å²) in [5.41, 5.74) is 6.60. The lowest BCUT2D eigenvalue weighted by molar-refractivity contribution is 0.139. The summed E-state index contributed by atoms with van der Waals surface area (Å²) in [6.45, 7) is 5.03. The Hall–Kier alpha value is -1.37. The van der Waals surface area contributed by atoms with E-state index in [1.807, 2.05) is 6.07 Å². The number of piperazine rings is 1. The summed E-state index contributed by atoms with van der Waals surface area (Å²) in [6.07, 6.45) is 3.43. The van der Waals surface area contributed by atoms with Crippen LogP contribution in [0.3, 0.4) is 0 Å². The van der Waals surface area contributed by atoms with E-state index in [0.717, 1.165) is 38.3 Å². The number of nitrogens with zero attached hydrogens (tertiary/aromatic N) is 4. The lowest BCUT2D eigenvalue weighted by Crippen LogP contribution is -2.48. The number of hydrogen-bond acceptors (Lipinski definition) is 5. The lowest BCUT2D eigenvalue weighted by atomic mass is 10.2. The second-order valence-electron chi connectivity index (χ2n) is 4.61. The van der Waals surface area contributed by atoms with Crippen molar-refractivity contribution in [2.75, 3.05) is 32.7 Å². The van der Waals surface area contributed by atoms with Crippen molar-refractivity contribution in [3.05, 3.63) is 29.0 Å². The molecule has 1 aliphatic rings. The zero-order chi connectivity index (χ0) is 13.7. The first-order valence-corrected chi connectivity index (χ1v) is 6.56. The second-order valence-corrected chi connectivity index (χ2v) is 5.02. The van der Waals surface area contributed by atoms with Crippen LogP contribution in [-0.4, -0.2) is 58.6 Å². The summed E-state index contributed by atoms with van der Waals surface area (Å²) in [5, 5.41) is 12.3. The average Bonchev–Trinajstić information content (AvgIpc) is 2.43. The maximum absolute atomic E-state index is 8.55. The van der Waals surface area contributed by atoms with Crippen molar-refractivity contribution in [2.45, 2.75) is 6.54 Å². The maximum Gasteiger partial charge on any atom is 0.153 e. The van der Waals surface area contributed by atoms with E-state index in [4.69, 9.17) is 22.5 Å². The molecule has 0 unspecified atom stereocenters. The van der Waals surface area contributed by atoms with Gasteiger partial charge in [-0.25, -0.2) is 0 Å². The number of nitrogens with two attached hydrogens (primary N) is 1. The largest absolute Gasteiger partial charge is 0.409 e. The Kier molecular flexibility index (Phi) is 4.95. The van der Waals surface area contributed by atoms with Crippen molar-refractivity contribution < 1.29 is 5.21 Å². The molecule has 0 radical (unpaired) electrons. The molecule has 1 aliphatic heterocycles. The molecule has 0 amide bonds. The molecule has 0 saturated carbocycles. The van der Waals surface area contributed by atoms with Crippen LogP contribution in [0.25, 0.3) is 0 Å². The van der Waals surface area contributed by atoms with Gasteiger partial charge in [0.15, 0.2) is 5.84 Å². The average molecular weight is 284 g/mol. The fourth-order valence-corrected chi connectivity index (χ4v) is 2.32. The quantitative estimate of drug-likeness (QED) is 0.366. The summed E-state index contributed by atoms with van der Waals surface area (Å²) in [6, 6.07) is 1.95. The number of hydrogen-bond donors (Lipinski definition) is 2. The van der Waals surface area contributed by atoms with Crippen LogP contribution >= 0.6 is 11.6 Å².